The summed E-state index contributed by atoms with van der Waals surface area (Å²) >= 11 is 0. The molecule has 0 heterocycles. The molecule has 18 heavy (non-hydrogen) atoms. The second kappa shape index (κ2) is 6.20. The number of hydrogen-bond donors (Lipinski definition) is 1. The van der Waals surface area contributed by atoms with Gasteiger partial charge in [-0.3, -0.25) is 4.90 Å². The number of alkyl halides is 3. The summed E-state index contributed by atoms with van der Waals surface area (Å²) in [6.07, 6.45) is -4.01. The molecular weight excluding hydrogens is 241 g/mol. The first-order valence-electron chi connectivity index (χ1n) is 5.92. The summed E-state index contributed by atoms with van der Waals surface area (Å²) in [7, 11) is 1.46. The van der Waals surface area contributed by atoms with Crippen molar-refractivity contribution in [2.45, 2.75) is 38.1 Å². The Morgan fingerprint density at radius 1 is 1.22 bits per heavy atom. The lowest BCUT2D eigenvalue weighted by molar-refractivity contribution is -0.187. The van der Waals surface area contributed by atoms with E-state index < -0.39 is 18.3 Å². The third kappa shape index (κ3) is 3.99. The average molecular weight is 260 g/mol. The number of rotatable bonds is 5. The van der Waals surface area contributed by atoms with E-state index in [-0.39, 0.29) is 6.54 Å². The van der Waals surface area contributed by atoms with Crippen LogP contribution in [0.15, 0.2) is 30.3 Å². The number of nitrogens with zero attached hydrogens (tertiary/aromatic N) is 1. The van der Waals surface area contributed by atoms with Gasteiger partial charge in [-0.25, -0.2) is 0 Å². The summed E-state index contributed by atoms with van der Waals surface area (Å²) in [5.41, 5.74) is 6.44. The van der Waals surface area contributed by atoms with E-state index >= 15 is 0 Å². The first kappa shape index (κ1) is 15.0. The Bertz CT molecular complexity index is 351. The summed E-state index contributed by atoms with van der Waals surface area (Å²) < 4.78 is 39.0. The monoisotopic (exact) mass is 260 g/mol. The van der Waals surface area contributed by atoms with Crippen LogP contribution in [0.2, 0.25) is 0 Å². The van der Waals surface area contributed by atoms with E-state index in [2.05, 4.69) is 0 Å². The van der Waals surface area contributed by atoms with E-state index in [0.29, 0.717) is 6.42 Å². The molecule has 0 spiro atoms. The maximum absolute atomic E-state index is 13.0. The van der Waals surface area contributed by atoms with Crippen molar-refractivity contribution in [3.05, 3.63) is 35.9 Å². The number of benzene rings is 1. The van der Waals surface area contributed by atoms with Crippen LogP contribution in [0, 0.1) is 0 Å². The molecule has 0 saturated carbocycles. The van der Waals surface area contributed by atoms with Gasteiger partial charge in [0.15, 0.2) is 0 Å². The zero-order chi connectivity index (χ0) is 13.8. The Morgan fingerprint density at radius 3 is 2.22 bits per heavy atom. The molecule has 2 nitrogen and oxygen atoms in total. The number of nitrogens with two attached hydrogens (primary N) is 1. The molecule has 2 atom stereocenters. The molecule has 0 bridgehead atoms. The van der Waals surface area contributed by atoms with Crippen LogP contribution in [0.3, 0.4) is 0 Å². The predicted octanol–water partition coefficient (Wildman–Crippen LogP) is 2.79. The third-order valence-corrected chi connectivity index (χ3v) is 2.96. The molecule has 0 aliphatic heterocycles. The van der Waals surface area contributed by atoms with E-state index in [1.807, 2.05) is 18.2 Å². The Labute approximate surface area is 106 Å². The first-order chi connectivity index (χ1) is 8.36. The second-order valence-electron chi connectivity index (χ2n) is 4.46. The number of hydrogen-bond acceptors (Lipinski definition) is 2. The average Bonchev–Trinajstić information content (AvgIpc) is 2.28. The van der Waals surface area contributed by atoms with E-state index in [9.17, 15) is 13.2 Å². The SMILES string of the molecule is CCC(N)C(N(C)Cc1ccccc1)C(F)(F)F. The first-order valence-corrected chi connectivity index (χ1v) is 5.92. The Kier molecular flexibility index (Phi) is 5.16. The molecule has 1 rings (SSSR count). The highest BCUT2D eigenvalue weighted by atomic mass is 19.4. The molecule has 0 fully saturated rings. The highest BCUT2D eigenvalue weighted by Gasteiger charge is 2.45. The lowest BCUT2D eigenvalue weighted by Crippen LogP contribution is -2.54. The van der Waals surface area contributed by atoms with Crippen molar-refractivity contribution in [2.75, 3.05) is 7.05 Å². The van der Waals surface area contributed by atoms with Gasteiger partial charge in [0, 0.05) is 12.6 Å². The minimum Gasteiger partial charge on any atom is -0.326 e. The van der Waals surface area contributed by atoms with E-state index in [1.165, 1.54) is 11.9 Å². The normalized spacial score (nSPS) is 15.7. The Balaban J connectivity index is 2.80. The van der Waals surface area contributed by atoms with E-state index in [0.717, 1.165) is 5.56 Å². The number of likely N-dealkylation sites (N-methyl/N-ethyl adjacent to an activating group) is 1. The van der Waals surface area contributed by atoms with Crippen LogP contribution in [-0.2, 0) is 6.54 Å². The van der Waals surface area contributed by atoms with Gasteiger partial charge in [-0.2, -0.15) is 13.2 Å². The summed E-state index contributed by atoms with van der Waals surface area (Å²) in [6, 6.07) is 6.56. The van der Waals surface area contributed by atoms with E-state index in [4.69, 9.17) is 5.73 Å². The Hall–Kier alpha value is -1.07. The molecule has 0 radical (unpaired) electrons. The topological polar surface area (TPSA) is 29.3 Å². The molecule has 0 aliphatic rings. The summed E-state index contributed by atoms with van der Waals surface area (Å²) in [4.78, 5) is 1.27. The molecule has 0 amide bonds. The van der Waals surface area contributed by atoms with Crippen LogP contribution in [-0.4, -0.2) is 30.2 Å². The fourth-order valence-corrected chi connectivity index (χ4v) is 2.01. The highest BCUT2D eigenvalue weighted by Crippen LogP contribution is 2.27. The standard InChI is InChI=1S/C13H19F3N2/c1-3-11(17)12(13(14,15)16)18(2)9-10-7-5-4-6-8-10/h4-8,11-12H,3,9,17H2,1-2H3. The molecule has 2 N–H and O–H groups in total. The maximum Gasteiger partial charge on any atom is 0.405 e. The van der Waals surface area contributed by atoms with Crippen LogP contribution in [0.4, 0.5) is 13.2 Å². The zero-order valence-electron chi connectivity index (χ0n) is 10.6. The van der Waals surface area contributed by atoms with Crippen LogP contribution in [0.25, 0.3) is 0 Å². The third-order valence-electron chi connectivity index (χ3n) is 2.96. The molecule has 2 unspecified atom stereocenters. The minimum atomic E-state index is -4.31. The molecule has 0 aromatic heterocycles. The molecule has 5 heteroatoms. The van der Waals surface area contributed by atoms with Crippen molar-refractivity contribution in [1.82, 2.24) is 4.90 Å². The van der Waals surface area contributed by atoms with Crippen molar-refractivity contribution >= 4 is 0 Å². The molecule has 0 aliphatic carbocycles. The second-order valence-corrected chi connectivity index (χ2v) is 4.46. The van der Waals surface area contributed by atoms with Gasteiger partial charge in [0.2, 0.25) is 0 Å². The van der Waals surface area contributed by atoms with Gasteiger partial charge in [0.25, 0.3) is 0 Å². The molecule has 102 valence electrons. The zero-order valence-corrected chi connectivity index (χ0v) is 10.6. The van der Waals surface area contributed by atoms with Gasteiger partial charge in [0.1, 0.15) is 6.04 Å². The fourth-order valence-electron chi connectivity index (χ4n) is 2.01. The maximum atomic E-state index is 13.0. The van der Waals surface area contributed by atoms with Gasteiger partial charge >= 0.3 is 6.18 Å². The van der Waals surface area contributed by atoms with Crippen LogP contribution < -0.4 is 5.73 Å². The summed E-state index contributed by atoms with van der Waals surface area (Å²) in [5, 5.41) is 0. The summed E-state index contributed by atoms with van der Waals surface area (Å²) in [5.74, 6) is 0. The molecule has 1 aromatic carbocycles. The largest absolute Gasteiger partial charge is 0.405 e. The van der Waals surface area contributed by atoms with E-state index in [1.54, 1.807) is 19.1 Å². The van der Waals surface area contributed by atoms with Crippen LogP contribution in [0.5, 0.6) is 0 Å². The molecular formula is C13H19F3N2. The predicted molar refractivity (Wildman–Crippen MR) is 66.0 cm³/mol. The quantitative estimate of drug-likeness (QED) is 0.882. The smallest absolute Gasteiger partial charge is 0.326 e. The molecule has 0 saturated heterocycles. The lowest BCUT2D eigenvalue weighted by Gasteiger charge is -2.33. The number of halogens is 3. The molecule has 1 aromatic rings. The van der Waals surface area contributed by atoms with Crippen LogP contribution in [0.1, 0.15) is 18.9 Å². The lowest BCUT2D eigenvalue weighted by atomic mass is 10.0. The highest BCUT2D eigenvalue weighted by molar-refractivity contribution is 5.14. The minimum absolute atomic E-state index is 0.235. The van der Waals surface area contributed by atoms with Crippen LogP contribution >= 0.6 is 0 Å². The van der Waals surface area contributed by atoms with Crippen molar-refractivity contribution < 1.29 is 13.2 Å². The van der Waals surface area contributed by atoms with Crippen molar-refractivity contribution in [1.29, 1.82) is 0 Å². The van der Waals surface area contributed by atoms with Gasteiger partial charge in [-0.05, 0) is 19.0 Å². The van der Waals surface area contributed by atoms with Crippen molar-refractivity contribution in [3.63, 3.8) is 0 Å². The van der Waals surface area contributed by atoms with Gasteiger partial charge in [-0.15, -0.1) is 0 Å². The van der Waals surface area contributed by atoms with Crippen molar-refractivity contribution in [3.8, 4) is 0 Å². The van der Waals surface area contributed by atoms with Crippen molar-refractivity contribution in [2.24, 2.45) is 5.73 Å². The van der Waals surface area contributed by atoms with Gasteiger partial charge in [-0.1, -0.05) is 37.3 Å². The van der Waals surface area contributed by atoms with Gasteiger partial charge < -0.3 is 5.73 Å². The summed E-state index contributed by atoms with van der Waals surface area (Å²) in [6.45, 7) is 1.90. The van der Waals surface area contributed by atoms with Gasteiger partial charge in [0.05, 0.1) is 0 Å². The fraction of sp³-hybridized carbons (Fsp3) is 0.538. The Morgan fingerprint density at radius 2 is 1.78 bits per heavy atom.